The number of nitrogens with one attached hydrogen (secondary N) is 1. The fraction of sp³-hybridized carbons (Fsp3) is 0.900. The average Bonchev–Trinajstić information content (AvgIpc) is 2.20. The Bertz CT molecular complexity index is 179. The van der Waals surface area contributed by atoms with E-state index in [0.717, 1.165) is 25.9 Å². The summed E-state index contributed by atoms with van der Waals surface area (Å²) >= 11 is 0. The summed E-state index contributed by atoms with van der Waals surface area (Å²) in [5, 5.41) is 2.85. The highest BCUT2D eigenvalue weighted by molar-refractivity contribution is 5.78. The van der Waals surface area contributed by atoms with Crippen molar-refractivity contribution >= 4 is 5.91 Å². The summed E-state index contributed by atoms with van der Waals surface area (Å²) in [6.45, 7) is 1.78. The van der Waals surface area contributed by atoms with E-state index in [4.69, 9.17) is 0 Å². The summed E-state index contributed by atoms with van der Waals surface area (Å²) in [5.41, 5.74) is 0. The summed E-state index contributed by atoms with van der Waals surface area (Å²) in [5.74, 6) is 0.643. The van der Waals surface area contributed by atoms with Crippen LogP contribution in [0, 0.1) is 5.92 Å². The lowest BCUT2D eigenvalue weighted by Crippen LogP contribution is -2.42. The molecule has 1 amide bonds. The third-order valence-corrected chi connectivity index (χ3v) is 2.81. The zero-order valence-corrected chi connectivity index (χ0v) is 8.76. The fourth-order valence-electron chi connectivity index (χ4n) is 1.89. The first kappa shape index (κ1) is 11.4. The van der Waals surface area contributed by atoms with E-state index in [0.29, 0.717) is 18.9 Å². The van der Waals surface area contributed by atoms with Gasteiger partial charge in [0.1, 0.15) is 0 Å². The summed E-state index contributed by atoms with van der Waals surface area (Å²) in [6, 6.07) is 0. The van der Waals surface area contributed by atoms with Crippen molar-refractivity contribution in [3.8, 4) is 0 Å². The highest BCUT2D eigenvalue weighted by atomic mass is 19.1. The molecule has 1 aliphatic heterocycles. The molecular formula is C10H19FN2O. The predicted octanol–water partition coefficient (Wildman–Crippen LogP) is 0.804. The lowest BCUT2D eigenvalue weighted by atomic mass is 9.94. The molecule has 1 N–H and O–H groups in total. The molecule has 0 atom stereocenters. The van der Waals surface area contributed by atoms with Crippen LogP contribution >= 0.6 is 0 Å². The number of hydrogen-bond donors (Lipinski definition) is 1. The zero-order chi connectivity index (χ0) is 10.4. The van der Waals surface area contributed by atoms with Gasteiger partial charge in [0, 0.05) is 13.1 Å². The first-order chi connectivity index (χ1) is 6.77. The number of carbonyl (C=O) groups is 1. The van der Waals surface area contributed by atoms with Gasteiger partial charge in [-0.15, -0.1) is 0 Å². The molecule has 3 nitrogen and oxygen atoms in total. The Morgan fingerprint density at radius 2 is 2.14 bits per heavy atom. The minimum atomic E-state index is -0.227. The Hall–Kier alpha value is -0.640. The quantitative estimate of drug-likeness (QED) is 0.731. The van der Waals surface area contributed by atoms with Gasteiger partial charge in [-0.1, -0.05) is 0 Å². The third-order valence-electron chi connectivity index (χ3n) is 2.81. The molecule has 1 heterocycles. The van der Waals surface area contributed by atoms with Gasteiger partial charge in [-0.05, 0) is 32.2 Å². The Morgan fingerprint density at radius 3 is 2.64 bits per heavy atom. The van der Waals surface area contributed by atoms with E-state index in [9.17, 15) is 9.18 Å². The number of likely N-dealkylation sites (tertiary alicyclic amines) is 1. The molecule has 1 aliphatic rings. The van der Waals surface area contributed by atoms with E-state index >= 15 is 0 Å². The maximum atomic E-state index is 12.1. The molecule has 82 valence electrons. The molecule has 1 rings (SSSR count). The van der Waals surface area contributed by atoms with Crippen molar-refractivity contribution in [1.82, 2.24) is 10.2 Å². The summed E-state index contributed by atoms with van der Waals surface area (Å²) < 4.78 is 12.1. The highest BCUT2D eigenvalue weighted by Crippen LogP contribution is 2.20. The van der Waals surface area contributed by atoms with Crippen molar-refractivity contribution in [1.29, 1.82) is 0 Å². The largest absolute Gasteiger partial charge is 0.342 e. The van der Waals surface area contributed by atoms with E-state index < -0.39 is 0 Å². The maximum Gasteiger partial charge on any atom is 0.236 e. The fourth-order valence-corrected chi connectivity index (χ4v) is 1.89. The number of piperidine rings is 1. The number of amides is 1. The number of carbonyl (C=O) groups excluding carboxylic acids is 1. The molecule has 0 radical (unpaired) electrons. The zero-order valence-electron chi connectivity index (χ0n) is 8.76. The van der Waals surface area contributed by atoms with Gasteiger partial charge >= 0.3 is 0 Å². The van der Waals surface area contributed by atoms with Crippen LogP contribution in [-0.4, -0.2) is 44.2 Å². The summed E-state index contributed by atoms with van der Waals surface area (Å²) in [7, 11) is 1.77. The van der Waals surface area contributed by atoms with Gasteiger partial charge in [-0.25, -0.2) is 0 Å². The molecule has 1 saturated heterocycles. The second-order valence-electron chi connectivity index (χ2n) is 3.83. The van der Waals surface area contributed by atoms with Gasteiger partial charge < -0.3 is 10.2 Å². The molecule has 0 aromatic carbocycles. The van der Waals surface area contributed by atoms with E-state index in [1.165, 1.54) is 0 Å². The van der Waals surface area contributed by atoms with Crippen LogP contribution in [0.3, 0.4) is 0 Å². The van der Waals surface area contributed by atoms with Gasteiger partial charge in [-0.2, -0.15) is 0 Å². The monoisotopic (exact) mass is 202 g/mol. The van der Waals surface area contributed by atoms with Crippen molar-refractivity contribution in [2.75, 3.05) is 33.4 Å². The smallest absolute Gasteiger partial charge is 0.236 e. The first-order valence-corrected chi connectivity index (χ1v) is 5.26. The molecule has 0 aromatic rings. The first-order valence-electron chi connectivity index (χ1n) is 5.26. The topological polar surface area (TPSA) is 32.3 Å². The van der Waals surface area contributed by atoms with Gasteiger partial charge in [-0.3, -0.25) is 9.18 Å². The van der Waals surface area contributed by atoms with E-state index in [2.05, 4.69) is 5.32 Å². The second kappa shape index (κ2) is 5.96. The molecule has 0 saturated carbocycles. The van der Waals surface area contributed by atoms with E-state index in [1.807, 2.05) is 4.90 Å². The van der Waals surface area contributed by atoms with Crippen LogP contribution in [0.1, 0.15) is 19.3 Å². The minimum Gasteiger partial charge on any atom is -0.342 e. The lowest BCUT2D eigenvalue weighted by Gasteiger charge is -2.31. The number of rotatable bonds is 4. The van der Waals surface area contributed by atoms with Crippen LogP contribution in [0.2, 0.25) is 0 Å². The molecule has 0 spiro atoms. The van der Waals surface area contributed by atoms with Crippen LogP contribution in [0.15, 0.2) is 0 Å². The Kier molecular flexibility index (Phi) is 4.87. The molecule has 4 heteroatoms. The molecule has 1 fully saturated rings. The number of nitrogens with zero attached hydrogens (tertiary/aromatic N) is 1. The van der Waals surface area contributed by atoms with Gasteiger partial charge in [0.15, 0.2) is 0 Å². The number of hydrogen-bond acceptors (Lipinski definition) is 2. The lowest BCUT2D eigenvalue weighted by molar-refractivity contribution is -0.131. The van der Waals surface area contributed by atoms with Gasteiger partial charge in [0.2, 0.25) is 5.91 Å². The van der Waals surface area contributed by atoms with Crippen molar-refractivity contribution < 1.29 is 9.18 Å². The van der Waals surface area contributed by atoms with Crippen LogP contribution in [-0.2, 0) is 4.79 Å². The molecule has 0 unspecified atom stereocenters. The van der Waals surface area contributed by atoms with Crippen molar-refractivity contribution in [3.05, 3.63) is 0 Å². The van der Waals surface area contributed by atoms with Crippen molar-refractivity contribution in [3.63, 3.8) is 0 Å². The van der Waals surface area contributed by atoms with E-state index in [1.54, 1.807) is 7.05 Å². The number of alkyl halides is 1. The van der Waals surface area contributed by atoms with Crippen molar-refractivity contribution in [2.45, 2.75) is 19.3 Å². The Labute approximate surface area is 84.7 Å². The standard InChI is InChI=1S/C10H19FN2O/c1-12-8-10(14)13-6-3-9(2-5-11)4-7-13/h9,12H,2-8H2,1H3. The van der Waals surface area contributed by atoms with Gasteiger partial charge in [0.25, 0.3) is 0 Å². The number of likely N-dealkylation sites (N-methyl/N-ethyl adjacent to an activating group) is 1. The molecule has 0 aromatic heterocycles. The molecular weight excluding hydrogens is 183 g/mol. The highest BCUT2D eigenvalue weighted by Gasteiger charge is 2.21. The Balaban J connectivity index is 2.24. The maximum absolute atomic E-state index is 12.1. The normalized spacial score (nSPS) is 18.6. The van der Waals surface area contributed by atoms with E-state index in [-0.39, 0.29) is 12.6 Å². The van der Waals surface area contributed by atoms with Crippen LogP contribution in [0.5, 0.6) is 0 Å². The van der Waals surface area contributed by atoms with Crippen LogP contribution in [0.25, 0.3) is 0 Å². The molecule has 0 bridgehead atoms. The average molecular weight is 202 g/mol. The van der Waals surface area contributed by atoms with Crippen LogP contribution in [0.4, 0.5) is 4.39 Å². The minimum absolute atomic E-state index is 0.159. The van der Waals surface area contributed by atoms with Crippen molar-refractivity contribution in [2.24, 2.45) is 5.92 Å². The Morgan fingerprint density at radius 1 is 1.50 bits per heavy atom. The van der Waals surface area contributed by atoms with Gasteiger partial charge in [0.05, 0.1) is 13.2 Å². The second-order valence-corrected chi connectivity index (χ2v) is 3.83. The predicted molar refractivity (Wildman–Crippen MR) is 53.8 cm³/mol. The number of halogens is 1. The summed E-state index contributed by atoms with van der Waals surface area (Å²) in [6.07, 6.45) is 2.58. The molecule has 0 aliphatic carbocycles. The molecule has 14 heavy (non-hydrogen) atoms. The van der Waals surface area contributed by atoms with Crippen LogP contribution < -0.4 is 5.32 Å². The summed E-state index contributed by atoms with van der Waals surface area (Å²) in [4.78, 5) is 13.3. The third kappa shape index (κ3) is 3.25. The SMILES string of the molecule is CNCC(=O)N1CCC(CCF)CC1.